The second kappa shape index (κ2) is 17.3. The van der Waals surface area contributed by atoms with E-state index in [4.69, 9.17) is 28.4 Å². The molecule has 2 saturated heterocycles. The van der Waals surface area contributed by atoms with Gasteiger partial charge in [0.2, 0.25) is 16.8 Å². The first kappa shape index (κ1) is 39.1. The second-order valence-electron chi connectivity index (χ2n) is 14.5. The Bertz CT molecular complexity index is 2140. The van der Waals surface area contributed by atoms with Gasteiger partial charge < -0.3 is 38.8 Å². The van der Waals surface area contributed by atoms with E-state index in [0.717, 1.165) is 22.3 Å². The molecular weight excluding hydrogens is 739 g/mol. The van der Waals surface area contributed by atoms with E-state index in [-0.39, 0.29) is 49.6 Å². The van der Waals surface area contributed by atoms with Gasteiger partial charge in [0.15, 0.2) is 17.8 Å². The predicted octanol–water partition coefficient (Wildman–Crippen LogP) is 5.64. The first-order valence-corrected chi connectivity index (χ1v) is 20.1. The van der Waals surface area contributed by atoms with Gasteiger partial charge in [0, 0.05) is 19.2 Å². The molecule has 3 aliphatic rings. The number of sulfonamides is 1. The number of alkyl carbamates (subject to hydrolysis) is 1. The van der Waals surface area contributed by atoms with Gasteiger partial charge in [0.05, 0.1) is 47.8 Å². The average molecular weight is 784 g/mol. The Hall–Kier alpha value is -5.17. The molecule has 0 radical (unpaired) electrons. The van der Waals surface area contributed by atoms with Crippen molar-refractivity contribution in [3.63, 3.8) is 0 Å². The number of hydrogen-bond acceptors (Lipinski definition) is 11. The van der Waals surface area contributed by atoms with Crippen LogP contribution in [0.2, 0.25) is 0 Å². The van der Waals surface area contributed by atoms with E-state index >= 15 is 0 Å². The third-order valence-corrected chi connectivity index (χ3v) is 11.9. The first-order chi connectivity index (χ1) is 27.1. The Morgan fingerprint density at radius 1 is 0.964 bits per heavy atom. The van der Waals surface area contributed by atoms with Crippen molar-refractivity contribution in [2.24, 2.45) is 11.8 Å². The first-order valence-electron chi connectivity index (χ1n) is 18.7. The van der Waals surface area contributed by atoms with Crippen LogP contribution in [0.4, 0.5) is 4.79 Å². The molecule has 0 bridgehead atoms. The summed E-state index contributed by atoms with van der Waals surface area (Å²) in [6, 6.07) is 28.3. The normalized spacial score (nSPS) is 19.7. The van der Waals surface area contributed by atoms with Gasteiger partial charge in [0.1, 0.15) is 18.5 Å². The number of fused-ring (bicyclic) bond motifs is 2. The largest absolute Gasteiger partial charge is 0.489 e. The number of carbonyl (C=O) groups is 1. The standard InChI is InChI=1S/C42H45N3O10S/c1-27(2)22-45(56(48,49)33-15-16-38-39(20-33)54-26-53-38)23-37(46)36(44-42(47)55-40-25-52-41-35(40)17-18-50-41)19-28-9-13-32(14-10-28)51-24-29-7-11-30(12-8-29)34-6-4-3-5-31(34)21-43/h3-16,20,27,35-37,40-41,46H,17-19,22-26H2,1-2H3,(H,44,47)/t35-,36-,37+,40-,41+/m0/s1. The molecule has 56 heavy (non-hydrogen) atoms. The molecule has 0 unspecified atom stereocenters. The molecule has 5 atom stereocenters. The van der Waals surface area contributed by atoms with Gasteiger partial charge in [-0.1, -0.05) is 68.4 Å². The monoisotopic (exact) mass is 783 g/mol. The van der Waals surface area contributed by atoms with Crippen molar-refractivity contribution in [1.82, 2.24) is 9.62 Å². The lowest BCUT2D eigenvalue weighted by Crippen LogP contribution is -2.51. The average Bonchev–Trinajstić information content (AvgIpc) is 3.96. The van der Waals surface area contributed by atoms with E-state index in [1.807, 2.05) is 68.4 Å². The molecule has 0 saturated carbocycles. The maximum Gasteiger partial charge on any atom is 0.407 e. The van der Waals surface area contributed by atoms with E-state index < -0.39 is 40.7 Å². The zero-order chi connectivity index (χ0) is 39.2. The number of rotatable bonds is 15. The quantitative estimate of drug-likeness (QED) is 0.153. The summed E-state index contributed by atoms with van der Waals surface area (Å²) in [6.07, 6.45) is -2.12. The SMILES string of the molecule is CC(C)CN(C[C@@H](O)[C@H](Cc1ccc(OCc2ccc(-c3ccccc3C#N)cc2)cc1)NC(=O)O[C@H]1CO[C@H]2OCC[C@H]21)S(=O)(=O)c1ccc2c(c1)OCO2. The van der Waals surface area contributed by atoms with E-state index in [1.165, 1.54) is 16.4 Å². The van der Waals surface area contributed by atoms with Gasteiger partial charge in [0.25, 0.3) is 0 Å². The van der Waals surface area contributed by atoms with Gasteiger partial charge in [-0.25, -0.2) is 13.2 Å². The summed E-state index contributed by atoms with van der Waals surface area (Å²) >= 11 is 0. The van der Waals surface area contributed by atoms with Crippen LogP contribution in [0, 0.1) is 23.2 Å². The molecule has 0 aliphatic carbocycles. The highest BCUT2D eigenvalue weighted by Gasteiger charge is 2.44. The molecule has 1 amide bonds. The van der Waals surface area contributed by atoms with Crippen molar-refractivity contribution in [3.05, 3.63) is 108 Å². The smallest absolute Gasteiger partial charge is 0.407 e. The molecular formula is C42H45N3O10S. The fourth-order valence-corrected chi connectivity index (χ4v) is 8.75. The van der Waals surface area contributed by atoms with Crippen LogP contribution in [0.5, 0.6) is 17.2 Å². The van der Waals surface area contributed by atoms with Crippen molar-refractivity contribution < 1.29 is 46.7 Å². The molecule has 294 valence electrons. The van der Waals surface area contributed by atoms with E-state index in [2.05, 4.69) is 11.4 Å². The van der Waals surface area contributed by atoms with Gasteiger partial charge in [-0.2, -0.15) is 9.57 Å². The predicted molar refractivity (Wildman–Crippen MR) is 204 cm³/mol. The zero-order valence-electron chi connectivity index (χ0n) is 31.2. The number of nitrogens with one attached hydrogen (secondary N) is 1. The highest BCUT2D eigenvalue weighted by Crippen LogP contribution is 2.35. The number of nitrogens with zero attached hydrogens (tertiary/aromatic N) is 2. The third-order valence-electron chi connectivity index (χ3n) is 10.0. The van der Waals surface area contributed by atoms with Crippen molar-refractivity contribution >= 4 is 16.1 Å². The zero-order valence-corrected chi connectivity index (χ0v) is 32.0. The number of benzene rings is 4. The van der Waals surface area contributed by atoms with E-state index in [0.29, 0.717) is 42.4 Å². The molecule has 0 spiro atoms. The number of aliphatic hydroxyl groups is 1. The van der Waals surface area contributed by atoms with Crippen LogP contribution >= 0.6 is 0 Å². The summed E-state index contributed by atoms with van der Waals surface area (Å²) < 4.78 is 63.1. The van der Waals surface area contributed by atoms with Gasteiger partial charge >= 0.3 is 6.09 Å². The maximum absolute atomic E-state index is 14.0. The molecule has 0 aromatic heterocycles. The summed E-state index contributed by atoms with van der Waals surface area (Å²) in [5.41, 5.74) is 4.13. The number of aliphatic hydroxyl groups excluding tert-OH is 1. The summed E-state index contributed by atoms with van der Waals surface area (Å²) in [5.74, 6) is 1.24. The Kier molecular flexibility index (Phi) is 12.1. The number of ether oxygens (including phenoxy) is 6. The van der Waals surface area contributed by atoms with Gasteiger partial charge in [-0.3, -0.25) is 0 Å². The molecule has 2 N–H and O–H groups in total. The van der Waals surface area contributed by atoms with Crippen molar-refractivity contribution in [3.8, 4) is 34.4 Å². The fourth-order valence-electron chi connectivity index (χ4n) is 7.11. The second-order valence-corrected chi connectivity index (χ2v) is 16.4. The highest BCUT2D eigenvalue weighted by molar-refractivity contribution is 7.89. The molecule has 3 heterocycles. The number of carbonyl (C=O) groups excluding carboxylic acids is 1. The van der Waals surface area contributed by atoms with Crippen LogP contribution in [-0.2, 0) is 37.3 Å². The molecule has 3 aliphatic heterocycles. The van der Waals surface area contributed by atoms with Crippen LogP contribution in [-0.4, -0.2) is 81.6 Å². The summed E-state index contributed by atoms with van der Waals surface area (Å²) in [4.78, 5) is 13.4. The number of hydrogen-bond donors (Lipinski definition) is 2. The Balaban J connectivity index is 1.04. The topological polar surface area (TPSA) is 166 Å². The molecule has 13 nitrogen and oxygen atoms in total. The summed E-state index contributed by atoms with van der Waals surface area (Å²) in [6.45, 7) is 4.64. The van der Waals surface area contributed by atoms with E-state index in [9.17, 15) is 23.6 Å². The van der Waals surface area contributed by atoms with Gasteiger partial charge in [-0.15, -0.1) is 0 Å². The molecule has 4 aromatic rings. The third kappa shape index (κ3) is 9.09. The maximum atomic E-state index is 14.0. The minimum atomic E-state index is -4.10. The van der Waals surface area contributed by atoms with Crippen LogP contribution in [0.1, 0.15) is 37.0 Å². The molecule has 4 aromatic carbocycles. The van der Waals surface area contributed by atoms with Crippen LogP contribution < -0.4 is 19.5 Å². The lowest BCUT2D eigenvalue weighted by molar-refractivity contribution is -0.0907. The van der Waals surface area contributed by atoms with Crippen LogP contribution in [0.25, 0.3) is 11.1 Å². The Morgan fingerprint density at radius 3 is 2.48 bits per heavy atom. The molecule has 7 rings (SSSR count). The fraction of sp³-hybridized carbons (Fsp3) is 0.381. The minimum Gasteiger partial charge on any atom is -0.489 e. The Labute approximate surface area is 326 Å². The minimum absolute atomic E-state index is 0.000172. The Morgan fingerprint density at radius 2 is 1.71 bits per heavy atom. The van der Waals surface area contributed by atoms with Crippen LogP contribution in [0.3, 0.4) is 0 Å². The lowest BCUT2D eigenvalue weighted by atomic mass is 9.99. The van der Waals surface area contributed by atoms with E-state index in [1.54, 1.807) is 24.3 Å². The van der Waals surface area contributed by atoms with Crippen LogP contribution in [0.15, 0.2) is 95.9 Å². The van der Waals surface area contributed by atoms with Crippen molar-refractivity contribution in [1.29, 1.82) is 5.26 Å². The van der Waals surface area contributed by atoms with Crippen molar-refractivity contribution in [2.45, 2.75) is 62.7 Å². The highest BCUT2D eigenvalue weighted by atomic mass is 32.2. The molecule has 14 heteroatoms. The number of nitriles is 1. The lowest BCUT2D eigenvalue weighted by Gasteiger charge is -2.31. The summed E-state index contributed by atoms with van der Waals surface area (Å²) in [7, 11) is -4.10. The van der Waals surface area contributed by atoms with Gasteiger partial charge in [-0.05, 0) is 71.3 Å². The molecule has 2 fully saturated rings. The van der Waals surface area contributed by atoms with Crippen molar-refractivity contribution in [2.75, 3.05) is 33.1 Å². The number of amides is 1. The summed E-state index contributed by atoms with van der Waals surface area (Å²) in [5, 5.41) is 24.1.